The van der Waals surface area contributed by atoms with Crippen molar-refractivity contribution in [2.45, 2.75) is 31.0 Å². The van der Waals surface area contributed by atoms with Crippen molar-refractivity contribution in [2.24, 2.45) is 0 Å². The van der Waals surface area contributed by atoms with Crippen LogP contribution in [0.1, 0.15) is 11.1 Å². The number of anilines is 1. The monoisotopic (exact) mass is 355 g/mol. The second-order valence-electron chi connectivity index (χ2n) is 6.02. The molecule has 0 saturated carbocycles. The number of alkyl halides is 6. The van der Waals surface area contributed by atoms with E-state index < -0.39 is 24.0 Å². The first-order chi connectivity index (χ1) is 11.1. The van der Waals surface area contributed by atoms with Gasteiger partial charge in [0.1, 0.15) is 11.9 Å². The van der Waals surface area contributed by atoms with E-state index in [2.05, 4.69) is 4.98 Å². The van der Waals surface area contributed by atoms with Crippen LogP contribution in [0, 0.1) is 0 Å². The molecule has 2 atom stereocenters. The Balaban J connectivity index is 1.97. The van der Waals surface area contributed by atoms with Crippen LogP contribution in [0.25, 0.3) is 0 Å². The predicted molar refractivity (Wildman–Crippen MR) is 72.5 cm³/mol. The summed E-state index contributed by atoms with van der Waals surface area (Å²) in [5, 5.41) is 0. The molecule has 3 heterocycles. The van der Waals surface area contributed by atoms with Gasteiger partial charge in [0.25, 0.3) is 0 Å². The average Bonchev–Trinajstić information content (AvgIpc) is 2.62. The van der Waals surface area contributed by atoms with Gasteiger partial charge in [-0.15, -0.1) is 0 Å². The van der Waals surface area contributed by atoms with Crippen molar-refractivity contribution in [3.8, 4) is 0 Å². The van der Waals surface area contributed by atoms with Crippen LogP contribution in [-0.4, -0.2) is 54.9 Å². The van der Waals surface area contributed by atoms with Crippen LogP contribution in [0.4, 0.5) is 32.2 Å². The maximum absolute atomic E-state index is 13.2. The molecule has 1 aromatic rings. The minimum atomic E-state index is -4.57. The number of pyridine rings is 1. The molecule has 3 rings (SSSR count). The standard InChI is InChI=1S/C14H15F6N3O/c1-22-4-10-7-24-6-8-2-9(13(15,16)17)3-21-12(8)23(10)5-11(22)14(18,19)20/h2-3,10-11H,4-7H2,1H3/t10-,11+/m1/s1. The van der Waals surface area contributed by atoms with Crippen LogP contribution in [0.15, 0.2) is 12.3 Å². The molecule has 0 spiro atoms. The molecule has 1 saturated heterocycles. The Kier molecular flexibility index (Phi) is 4.15. The first-order valence-electron chi connectivity index (χ1n) is 7.25. The summed E-state index contributed by atoms with van der Waals surface area (Å²) in [6.07, 6.45) is -8.34. The van der Waals surface area contributed by atoms with E-state index in [9.17, 15) is 26.3 Å². The van der Waals surface area contributed by atoms with Gasteiger partial charge in [-0.3, -0.25) is 4.90 Å². The third-order valence-corrected chi connectivity index (χ3v) is 4.33. The normalized spacial score (nSPS) is 25.9. The summed E-state index contributed by atoms with van der Waals surface area (Å²) < 4.78 is 83.3. The topological polar surface area (TPSA) is 28.6 Å². The van der Waals surface area contributed by atoms with Gasteiger partial charge in [-0.05, 0) is 13.1 Å². The molecule has 0 aromatic carbocycles. The van der Waals surface area contributed by atoms with Gasteiger partial charge in [0.05, 0.1) is 24.8 Å². The van der Waals surface area contributed by atoms with Gasteiger partial charge in [0.2, 0.25) is 0 Å². The molecule has 0 radical (unpaired) electrons. The molecule has 0 bridgehead atoms. The molecule has 0 aliphatic carbocycles. The molecule has 4 nitrogen and oxygen atoms in total. The predicted octanol–water partition coefficient (Wildman–Crippen LogP) is 2.68. The van der Waals surface area contributed by atoms with Crippen molar-refractivity contribution >= 4 is 5.82 Å². The second-order valence-corrected chi connectivity index (χ2v) is 6.02. The SMILES string of the molecule is CN1C[C@@H]2COCc3cc(C(F)(F)F)cnc3N2C[C@H]1C(F)(F)F. The summed E-state index contributed by atoms with van der Waals surface area (Å²) >= 11 is 0. The van der Waals surface area contributed by atoms with Gasteiger partial charge >= 0.3 is 12.4 Å². The Bertz CT molecular complexity index is 618. The molecule has 2 aliphatic rings. The third-order valence-electron chi connectivity index (χ3n) is 4.33. The molecular formula is C14H15F6N3O. The lowest BCUT2D eigenvalue weighted by molar-refractivity contribution is -0.183. The fourth-order valence-electron chi connectivity index (χ4n) is 3.12. The summed E-state index contributed by atoms with van der Waals surface area (Å²) in [4.78, 5) is 6.42. The Hall–Kier alpha value is -1.55. The van der Waals surface area contributed by atoms with E-state index in [0.29, 0.717) is 6.20 Å². The van der Waals surface area contributed by atoms with Gasteiger partial charge < -0.3 is 9.64 Å². The lowest BCUT2D eigenvalue weighted by atomic mass is 10.1. The zero-order valence-corrected chi connectivity index (χ0v) is 12.7. The van der Waals surface area contributed by atoms with Crippen molar-refractivity contribution in [1.29, 1.82) is 0 Å². The highest BCUT2D eigenvalue weighted by molar-refractivity contribution is 5.51. The zero-order chi connectivity index (χ0) is 17.7. The number of nitrogens with zero attached hydrogens (tertiary/aromatic N) is 3. The molecule has 134 valence electrons. The van der Waals surface area contributed by atoms with Crippen LogP contribution >= 0.6 is 0 Å². The van der Waals surface area contributed by atoms with Gasteiger partial charge in [-0.25, -0.2) is 4.98 Å². The molecule has 2 aliphatic heterocycles. The second kappa shape index (κ2) is 5.76. The number of hydrogen-bond donors (Lipinski definition) is 0. The third kappa shape index (κ3) is 3.16. The van der Waals surface area contributed by atoms with E-state index in [0.717, 1.165) is 6.07 Å². The van der Waals surface area contributed by atoms with Crippen LogP contribution < -0.4 is 4.90 Å². The number of fused-ring (bicyclic) bond motifs is 3. The average molecular weight is 355 g/mol. The Morgan fingerprint density at radius 2 is 1.88 bits per heavy atom. The van der Waals surface area contributed by atoms with E-state index in [-0.39, 0.29) is 43.7 Å². The highest BCUT2D eigenvalue weighted by Crippen LogP contribution is 2.36. The van der Waals surface area contributed by atoms with Gasteiger partial charge in [-0.1, -0.05) is 0 Å². The molecule has 0 amide bonds. The van der Waals surface area contributed by atoms with Gasteiger partial charge in [0, 0.05) is 24.8 Å². The van der Waals surface area contributed by atoms with Gasteiger partial charge in [0.15, 0.2) is 0 Å². The summed E-state index contributed by atoms with van der Waals surface area (Å²) in [6, 6.07) is -1.20. The number of halogens is 6. The zero-order valence-electron chi connectivity index (χ0n) is 12.7. The van der Waals surface area contributed by atoms with Crippen molar-refractivity contribution < 1.29 is 31.1 Å². The molecule has 0 N–H and O–H groups in total. The molecule has 24 heavy (non-hydrogen) atoms. The van der Waals surface area contributed by atoms with E-state index in [1.165, 1.54) is 16.8 Å². The van der Waals surface area contributed by atoms with E-state index in [1.54, 1.807) is 0 Å². The maximum Gasteiger partial charge on any atom is 0.417 e. The highest BCUT2D eigenvalue weighted by Gasteiger charge is 2.48. The van der Waals surface area contributed by atoms with E-state index in [1.807, 2.05) is 0 Å². The number of piperazine rings is 1. The van der Waals surface area contributed by atoms with E-state index >= 15 is 0 Å². The summed E-state index contributed by atoms with van der Waals surface area (Å²) in [7, 11) is 1.38. The van der Waals surface area contributed by atoms with Crippen molar-refractivity contribution in [1.82, 2.24) is 9.88 Å². The molecule has 0 unspecified atom stereocenters. The number of aromatic nitrogens is 1. The van der Waals surface area contributed by atoms with Gasteiger partial charge in [-0.2, -0.15) is 26.3 Å². The van der Waals surface area contributed by atoms with E-state index in [4.69, 9.17) is 4.74 Å². The number of rotatable bonds is 0. The van der Waals surface area contributed by atoms with Crippen LogP contribution in [-0.2, 0) is 17.5 Å². The molecule has 1 aromatic heterocycles. The van der Waals surface area contributed by atoms with Crippen LogP contribution in [0.2, 0.25) is 0 Å². The summed E-state index contributed by atoms with van der Waals surface area (Å²) in [6.45, 7) is -0.280. The summed E-state index contributed by atoms with van der Waals surface area (Å²) in [5.41, 5.74) is -0.789. The van der Waals surface area contributed by atoms with Crippen LogP contribution in [0.5, 0.6) is 0 Å². The number of hydrogen-bond acceptors (Lipinski definition) is 4. The first-order valence-corrected chi connectivity index (χ1v) is 7.25. The summed E-state index contributed by atoms with van der Waals surface area (Å²) in [5.74, 6) is 0.132. The van der Waals surface area contributed by atoms with Crippen molar-refractivity contribution in [2.75, 3.05) is 31.6 Å². The fourth-order valence-corrected chi connectivity index (χ4v) is 3.12. The largest absolute Gasteiger partial charge is 0.417 e. The van der Waals surface area contributed by atoms with Crippen molar-refractivity contribution in [3.05, 3.63) is 23.4 Å². The molecular weight excluding hydrogens is 340 g/mol. The lowest BCUT2D eigenvalue weighted by Gasteiger charge is -2.45. The Labute approximate surface area is 134 Å². The quantitative estimate of drug-likeness (QED) is 0.669. The van der Waals surface area contributed by atoms with Crippen LogP contribution in [0.3, 0.4) is 0 Å². The van der Waals surface area contributed by atoms with Crippen molar-refractivity contribution in [3.63, 3.8) is 0 Å². The highest BCUT2D eigenvalue weighted by atomic mass is 19.4. The first kappa shape index (κ1) is 17.3. The minimum Gasteiger partial charge on any atom is -0.374 e. The smallest absolute Gasteiger partial charge is 0.374 e. The minimum absolute atomic E-state index is 0.0896. The molecule has 10 heteroatoms. The Morgan fingerprint density at radius 3 is 2.50 bits per heavy atom. The maximum atomic E-state index is 13.2. The lowest BCUT2D eigenvalue weighted by Crippen LogP contribution is -2.62. The fraction of sp³-hybridized carbons (Fsp3) is 0.643. The Morgan fingerprint density at radius 1 is 1.17 bits per heavy atom. The number of ether oxygens (including phenoxy) is 1. The molecule has 1 fully saturated rings. The number of likely N-dealkylation sites (N-methyl/N-ethyl adjacent to an activating group) is 1.